The predicted molar refractivity (Wildman–Crippen MR) is 72.1 cm³/mol. The van der Waals surface area contributed by atoms with Crippen molar-refractivity contribution in [2.24, 2.45) is 0 Å². The average Bonchev–Trinajstić information content (AvgIpc) is 2.33. The molecule has 4 nitrogen and oxygen atoms in total. The summed E-state index contributed by atoms with van der Waals surface area (Å²) in [7, 11) is 0. The Bertz CT molecular complexity index is 634. The first-order chi connectivity index (χ1) is 8.56. The predicted octanol–water partition coefficient (Wildman–Crippen LogP) is 3.31. The van der Waals surface area contributed by atoms with Crippen molar-refractivity contribution in [3.05, 3.63) is 62.1 Å². The summed E-state index contributed by atoms with van der Waals surface area (Å²) in [6.07, 6.45) is 1.11. The Morgan fingerprint density at radius 3 is 2.67 bits per heavy atom. The van der Waals surface area contributed by atoms with Gasteiger partial charge in [0.2, 0.25) is 0 Å². The maximum absolute atomic E-state index is 11.8. The van der Waals surface area contributed by atoms with Crippen molar-refractivity contribution in [3.8, 4) is 0 Å². The van der Waals surface area contributed by atoms with E-state index in [4.69, 9.17) is 11.6 Å². The fourth-order valence-electron chi connectivity index (χ4n) is 1.27. The minimum absolute atomic E-state index is 0.261. The summed E-state index contributed by atoms with van der Waals surface area (Å²) >= 11 is 9.08. The van der Waals surface area contributed by atoms with Crippen LogP contribution < -0.4 is 10.9 Å². The second-order valence-corrected chi connectivity index (χ2v) is 4.71. The summed E-state index contributed by atoms with van der Waals surface area (Å²) in [4.78, 5) is 22.6. The minimum Gasteiger partial charge on any atom is -0.430 e. The van der Waals surface area contributed by atoms with Gasteiger partial charge in [0.15, 0.2) is 0 Å². The molecule has 2 rings (SSSR count). The second-order valence-electron chi connectivity index (χ2n) is 3.42. The third-order valence-corrected chi connectivity index (χ3v) is 3.03. The molecule has 0 saturated carbocycles. The minimum atomic E-state index is -0.501. The first-order valence-corrected chi connectivity index (χ1v) is 6.08. The molecule has 0 radical (unpaired) electrons. The van der Waals surface area contributed by atoms with Crippen molar-refractivity contribution in [1.82, 2.24) is 0 Å². The van der Waals surface area contributed by atoms with Gasteiger partial charge in [-0.3, -0.25) is 4.79 Å². The maximum Gasteiger partial charge on any atom is 0.335 e. The SMILES string of the molecule is O=C(Nc1ccc(Cl)cc1Br)c1ccc(=O)oc1. The van der Waals surface area contributed by atoms with Gasteiger partial charge in [0, 0.05) is 15.6 Å². The van der Waals surface area contributed by atoms with Gasteiger partial charge in [-0.05, 0) is 40.2 Å². The molecule has 1 heterocycles. The van der Waals surface area contributed by atoms with Gasteiger partial charge in [0.05, 0.1) is 11.3 Å². The molecule has 6 heteroatoms. The molecule has 0 fully saturated rings. The lowest BCUT2D eigenvalue weighted by atomic mass is 10.2. The van der Waals surface area contributed by atoms with Crippen LogP contribution in [0.2, 0.25) is 5.02 Å². The molecule has 18 heavy (non-hydrogen) atoms. The van der Waals surface area contributed by atoms with E-state index in [0.717, 1.165) is 6.26 Å². The van der Waals surface area contributed by atoms with E-state index >= 15 is 0 Å². The molecule has 0 saturated heterocycles. The zero-order valence-corrected chi connectivity index (χ0v) is 11.3. The third-order valence-electron chi connectivity index (χ3n) is 2.14. The molecule has 0 unspecified atom stereocenters. The van der Waals surface area contributed by atoms with Crippen LogP contribution in [-0.2, 0) is 0 Å². The maximum atomic E-state index is 11.8. The molecule has 0 aliphatic carbocycles. The monoisotopic (exact) mass is 327 g/mol. The molecular formula is C12H7BrClNO3. The Morgan fingerprint density at radius 2 is 2.06 bits per heavy atom. The van der Waals surface area contributed by atoms with E-state index in [1.165, 1.54) is 12.1 Å². The highest BCUT2D eigenvalue weighted by Gasteiger charge is 2.09. The van der Waals surface area contributed by atoms with E-state index < -0.39 is 5.63 Å². The largest absolute Gasteiger partial charge is 0.430 e. The number of hydrogen-bond acceptors (Lipinski definition) is 3. The lowest BCUT2D eigenvalue weighted by Crippen LogP contribution is -2.13. The standard InChI is InChI=1S/C12H7BrClNO3/c13-9-5-8(14)2-3-10(9)15-12(17)7-1-4-11(16)18-6-7/h1-6H,(H,15,17). The fraction of sp³-hybridized carbons (Fsp3) is 0. The number of halogens is 2. The van der Waals surface area contributed by atoms with Crippen molar-refractivity contribution in [2.75, 3.05) is 5.32 Å². The van der Waals surface area contributed by atoms with Crippen molar-refractivity contribution >= 4 is 39.1 Å². The Labute approximate surface area is 116 Å². The van der Waals surface area contributed by atoms with Crippen molar-refractivity contribution < 1.29 is 9.21 Å². The summed E-state index contributed by atoms with van der Waals surface area (Å²) < 4.78 is 5.28. The first-order valence-electron chi connectivity index (χ1n) is 4.91. The van der Waals surface area contributed by atoms with E-state index in [-0.39, 0.29) is 11.5 Å². The van der Waals surface area contributed by atoms with Crippen molar-refractivity contribution in [1.29, 1.82) is 0 Å². The molecule has 1 aromatic carbocycles. The van der Waals surface area contributed by atoms with Crippen LogP contribution in [0.5, 0.6) is 0 Å². The summed E-state index contributed by atoms with van der Waals surface area (Å²) in [6, 6.07) is 7.58. The van der Waals surface area contributed by atoms with Gasteiger partial charge >= 0.3 is 5.63 Å². The number of carbonyl (C=O) groups is 1. The van der Waals surface area contributed by atoms with E-state index in [9.17, 15) is 9.59 Å². The molecule has 0 aliphatic rings. The van der Waals surface area contributed by atoms with Gasteiger partial charge in [-0.15, -0.1) is 0 Å². The molecule has 0 bridgehead atoms. The van der Waals surface area contributed by atoms with Crippen LogP contribution in [0.1, 0.15) is 10.4 Å². The van der Waals surface area contributed by atoms with Crippen LogP contribution >= 0.6 is 27.5 Å². The second kappa shape index (κ2) is 5.37. The zero-order chi connectivity index (χ0) is 13.1. The number of nitrogens with one attached hydrogen (secondary N) is 1. The molecule has 2 aromatic rings. The molecule has 0 atom stereocenters. The molecule has 0 spiro atoms. The van der Waals surface area contributed by atoms with E-state index in [0.29, 0.717) is 15.2 Å². The van der Waals surface area contributed by atoms with E-state index in [2.05, 4.69) is 25.7 Å². The van der Waals surface area contributed by atoms with Gasteiger partial charge < -0.3 is 9.73 Å². The van der Waals surface area contributed by atoms with Gasteiger partial charge in [-0.1, -0.05) is 11.6 Å². The smallest absolute Gasteiger partial charge is 0.335 e. The number of anilines is 1. The normalized spacial score (nSPS) is 10.1. The molecule has 1 aromatic heterocycles. The van der Waals surface area contributed by atoms with E-state index in [1.807, 2.05) is 0 Å². The fourth-order valence-corrected chi connectivity index (χ4v) is 2.05. The number of amides is 1. The number of benzene rings is 1. The topological polar surface area (TPSA) is 59.3 Å². The summed E-state index contributed by atoms with van der Waals surface area (Å²) in [6.45, 7) is 0. The molecule has 1 amide bonds. The van der Waals surface area contributed by atoms with Gasteiger partial charge in [-0.2, -0.15) is 0 Å². The highest BCUT2D eigenvalue weighted by Crippen LogP contribution is 2.26. The van der Waals surface area contributed by atoms with Crippen LogP contribution in [-0.4, -0.2) is 5.91 Å². The van der Waals surface area contributed by atoms with Crippen LogP contribution in [0.4, 0.5) is 5.69 Å². The first kappa shape index (κ1) is 12.9. The van der Waals surface area contributed by atoms with Crippen LogP contribution in [0.25, 0.3) is 0 Å². The summed E-state index contributed by atoms with van der Waals surface area (Å²) in [5.74, 6) is -0.373. The van der Waals surface area contributed by atoms with Crippen LogP contribution in [0.3, 0.4) is 0 Å². The zero-order valence-electron chi connectivity index (χ0n) is 8.94. The molecular weight excluding hydrogens is 321 g/mol. The lowest BCUT2D eigenvalue weighted by molar-refractivity contribution is 0.102. The van der Waals surface area contributed by atoms with Crippen LogP contribution in [0, 0.1) is 0 Å². The van der Waals surface area contributed by atoms with Crippen LogP contribution in [0.15, 0.2) is 50.3 Å². The highest BCUT2D eigenvalue weighted by atomic mass is 79.9. The average molecular weight is 329 g/mol. The number of hydrogen-bond donors (Lipinski definition) is 1. The Balaban J connectivity index is 2.21. The third kappa shape index (κ3) is 3.00. The Kier molecular flexibility index (Phi) is 3.84. The highest BCUT2D eigenvalue weighted by molar-refractivity contribution is 9.10. The van der Waals surface area contributed by atoms with Crippen molar-refractivity contribution in [2.45, 2.75) is 0 Å². The van der Waals surface area contributed by atoms with Gasteiger partial charge in [0.25, 0.3) is 5.91 Å². The van der Waals surface area contributed by atoms with E-state index in [1.54, 1.807) is 18.2 Å². The van der Waals surface area contributed by atoms with Gasteiger partial charge in [0.1, 0.15) is 6.26 Å². The molecule has 1 N–H and O–H groups in total. The summed E-state index contributed by atoms with van der Waals surface area (Å²) in [5.41, 5.74) is 0.339. The number of rotatable bonds is 2. The summed E-state index contributed by atoms with van der Waals surface area (Å²) in [5, 5.41) is 3.23. The molecule has 0 aliphatic heterocycles. The number of carbonyl (C=O) groups excluding carboxylic acids is 1. The van der Waals surface area contributed by atoms with Gasteiger partial charge in [-0.25, -0.2) is 4.79 Å². The quantitative estimate of drug-likeness (QED) is 0.920. The Morgan fingerprint density at radius 1 is 1.28 bits per heavy atom. The lowest BCUT2D eigenvalue weighted by Gasteiger charge is -2.07. The van der Waals surface area contributed by atoms with Crippen molar-refractivity contribution in [3.63, 3.8) is 0 Å². The molecule has 92 valence electrons. The Hall–Kier alpha value is -1.59.